The van der Waals surface area contributed by atoms with Crippen molar-refractivity contribution in [3.05, 3.63) is 47.0 Å². The number of aromatic amines is 2. The summed E-state index contributed by atoms with van der Waals surface area (Å²) in [5.41, 5.74) is 5.79. The van der Waals surface area contributed by atoms with E-state index in [1.807, 2.05) is 13.0 Å². The van der Waals surface area contributed by atoms with E-state index in [2.05, 4.69) is 33.2 Å². The molecule has 114 valence electrons. The Morgan fingerprint density at radius 1 is 1.09 bits per heavy atom. The Morgan fingerprint density at radius 2 is 1.87 bits per heavy atom. The molecule has 3 N–H and O–H groups in total. The molecule has 0 radical (unpaired) electrons. The summed E-state index contributed by atoms with van der Waals surface area (Å²) in [5.74, 6) is -0.339. The molecule has 0 atom stereocenters. The number of carboxylic acid groups (broad SMARTS) is 1. The lowest BCUT2D eigenvalue weighted by Gasteiger charge is -1.97. The minimum atomic E-state index is -0.963. The Hall–Kier alpha value is -3.15. The number of hydrogen-bond acceptors (Lipinski definition) is 3. The fourth-order valence-corrected chi connectivity index (χ4v) is 2.71. The van der Waals surface area contributed by atoms with Crippen molar-refractivity contribution >= 4 is 27.9 Å². The van der Waals surface area contributed by atoms with E-state index in [4.69, 9.17) is 5.11 Å². The van der Waals surface area contributed by atoms with Gasteiger partial charge in [-0.05, 0) is 55.3 Å². The highest BCUT2D eigenvalue weighted by molar-refractivity contribution is 5.98. The average Bonchev–Trinajstić information content (AvgIpc) is 3.10. The van der Waals surface area contributed by atoms with Gasteiger partial charge in [0.25, 0.3) is 0 Å². The van der Waals surface area contributed by atoms with Crippen LogP contribution < -0.4 is 0 Å². The zero-order valence-corrected chi connectivity index (χ0v) is 12.6. The standard InChI is InChI=1S/C17H14N4O2/c1-8-5-13-14(6-9(8)2)19-16(18-13)15-11-7-10(17(22)23)3-4-12(11)20-21-15/h3-7H,1-2H3,(H,18,19)(H,20,21)(H,22,23). The number of H-pyrrole nitrogens is 2. The third kappa shape index (κ3) is 2.07. The molecule has 4 rings (SSSR count). The third-order valence-electron chi connectivity index (χ3n) is 4.13. The SMILES string of the molecule is Cc1cc2nc(-c3n[nH]c4ccc(C(=O)O)cc34)[nH]c2cc1C. The van der Waals surface area contributed by atoms with Crippen molar-refractivity contribution in [2.75, 3.05) is 0 Å². The second-order valence-corrected chi connectivity index (χ2v) is 5.68. The molecule has 0 spiro atoms. The maximum atomic E-state index is 11.2. The maximum Gasteiger partial charge on any atom is 0.335 e. The quantitative estimate of drug-likeness (QED) is 0.529. The highest BCUT2D eigenvalue weighted by atomic mass is 16.4. The van der Waals surface area contributed by atoms with E-state index in [9.17, 15) is 4.79 Å². The summed E-state index contributed by atoms with van der Waals surface area (Å²) in [7, 11) is 0. The molecular weight excluding hydrogens is 292 g/mol. The first kappa shape index (κ1) is 13.5. The number of benzene rings is 2. The van der Waals surface area contributed by atoms with Gasteiger partial charge in [-0.15, -0.1) is 0 Å². The lowest BCUT2D eigenvalue weighted by molar-refractivity contribution is 0.0697. The number of carbonyl (C=O) groups is 1. The predicted molar refractivity (Wildman–Crippen MR) is 87.6 cm³/mol. The van der Waals surface area contributed by atoms with Gasteiger partial charge < -0.3 is 10.1 Å². The van der Waals surface area contributed by atoms with Crippen LogP contribution in [0.4, 0.5) is 0 Å². The highest BCUT2D eigenvalue weighted by Gasteiger charge is 2.15. The molecule has 0 saturated heterocycles. The summed E-state index contributed by atoms with van der Waals surface area (Å²) >= 11 is 0. The molecule has 0 aliphatic rings. The Morgan fingerprint density at radius 3 is 2.65 bits per heavy atom. The van der Waals surface area contributed by atoms with Gasteiger partial charge in [0.2, 0.25) is 0 Å². The van der Waals surface area contributed by atoms with Gasteiger partial charge in [-0.2, -0.15) is 5.10 Å². The first-order valence-electron chi connectivity index (χ1n) is 7.21. The zero-order chi connectivity index (χ0) is 16.1. The van der Waals surface area contributed by atoms with Gasteiger partial charge in [0.15, 0.2) is 5.82 Å². The van der Waals surface area contributed by atoms with Crippen LogP contribution in [-0.2, 0) is 0 Å². The van der Waals surface area contributed by atoms with Crippen molar-refractivity contribution in [3.63, 3.8) is 0 Å². The van der Waals surface area contributed by atoms with Gasteiger partial charge in [0.1, 0.15) is 5.69 Å². The smallest absolute Gasteiger partial charge is 0.335 e. The molecule has 2 aromatic heterocycles. The van der Waals surface area contributed by atoms with E-state index >= 15 is 0 Å². The molecule has 0 aliphatic carbocycles. The van der Waals surface area contributed by atoms with Gasteiger partial charge in [-0.1, -0.05) is 0 Å². The van der Waals surface area contributed by atoms with Gasteiger partial charge in [-0.3, -0.25) is 5.10 Å². The second-order valence-electron chi connectivity index (χ2n) is 5.68. The van der Waals surface area contributed by atoms with Crippen LogP contribution in [0.5, 0.6) is 0 Å². The van der Waals surface area contributed by atoms with E-state index in [-0.39, 0.29) is 5.56 Å². The minimum absolute atomic E-state index is 0.225. The Bertz CT molecular complexity index is 1040. The van der Waals surface area contributed by atoms with Crippen molar-refractivity contribution < 1.29 is 9.90 Å². The van der Waals surface area contributed by atoms with E-state index in [1.54, 1.807) is 18.2 Å². The molecule has 6 heteroatoms. The van der Waals surface area contributed by atoms with Crippen LogP contribution in [0.25, 0.3) is 33.5 Å². The van der Waals surface area contributed by atoms with Crippen LogP contribution in [0.2, 0.25) is 0 Å². The Balaban J connectivity index is 1.94. The first-order chi connectivity index (χ1) is 11.0. The molecule has 6 nitrogen and oxygen atoms in total. The molecule has 0 bridgehead atoms. The molecule has 23 heavy (non-hydrogen) atoms. The molecule has 0 saturated carbocycles. The lowest BCUT2D eigenvalue weighted by Crippen LogP contribution is -1.95. The monoisotopic (exact) mass is 306 g/mol. The van der Waals surface area contributed by atoms with Crippen LogP contribution >= 0.6 is 0 Å². The number of rotatable bonds is 2. The minimum Gasteiger partial charge on any atom is -0.478 e. The zero-order valence-electron chi connectivity index (χ0n) is 12.6. The number of imidazole rings is 1. The summed E-state index contributed by atoms with van der Waals surface area (Å²) < 4.78 is 0. The molecule has 4 aromatic rings. The first-order valence-corrected chi connectivity index (χ1v) is 7.21. The summed E-state index contributed by atoms with van der Waals surface area (Å²) in [5, 5.41) is 17.1. The molecule has 2 heterocycles. The predicted octanol–water partition coefficient (Wildman–Crippen LogP) is 3.42. The van der Waals surface area contributed by atoms with Crippen molar-refractivity contribution in [1.29, 1.82) is 0 Å². The Labute approximate surface area is 131 Å². The number of hydrogen-bond donors (Lipinski definition) is 3. The van der Waals surface area contributed by atoms with Crippen molar-refractivity contribution in [2.24, 2.45) is 0 Å². The average molecular weight is 306 g/mol. The number of carboxylic acids is 1. The lowest BCUT2D eigenvalue weighted by atomic mass is 10.1. The second kappa shape index (κ2) is 4.67. The summed E-state index contributed by atoms with van der Waals surface area (Å²) in [4.78, 5) is 19.0. The van der Waals surface area contributed by atoms with Crippen LogP contribution in [0.3, 0.4) is 0 Å². The van der Waals surface area contributed by atoms with Crippen LogP contribution in [-0.4, -0.2) is 31.2 Å². The van der Waals surface area contributed by atoms with E-state index in [1.165, 1.54) is 11.1 Å². The number of nitrogens with zero attached hydrogens (tertiary/aromatic N) is 2. The number of aryl methyl sites for hydroxylation is 2. The fourth-order valence-electron chi connectivity index (χ4n) is 2.71. The third-order valence-corrected chi connectivity index (χ3v) is 4.13. The summed E-state index contributed by atoms with van der Waals surface area (Å²) in [6, 6.07) is 8.96. The Kier molecular flexibility index (Phi) is 2.74. The largest absolute Gasteiger partial charge is 0.478 e. The normalized spacial score (nSPS) is 11.4. The number of fused-ring (bicyclic) bond motifs is 2. The molecular formula is C17H14N4O2. The van der Waals surface area contributed by atoms with Gasteiger partial charge in [0.05, 0.1) is 22.1 Å². The van der Waals surface area contributed by atoms with Crippen molar-refractivity contribution in [3.8, 4) is 11.5 Å². The maximum absolute atomic E-state index is 11.2. The van der Waals surface area contributed by atoms with Crippen LogP contribution in [0.15, 0.2) is 30.3 Å². The van der Waals surface area contributed by atoms with E-state index in [0.717, 1.165) is 21.9 Å². The summed E-state index contributed by atoms with van der Waals surface area (Å²) in [6.07, 6.45) is 0. The highest BCUT2D eigenvalue weighted by Crippen LogP contribution is 2.28. The topological polar surface area (TPSA) is 94.7 Å². The molecule has 0 unspecified atom stereocenters. The van der Waals surface area contributed by atoms with E-state index < -0.39 is 5.97 Å². The van der Waals surface area contributed by atoms with E-state index in [0.29, 0.717) is 11.5 Å². The van der Waals surface area contributed by atoms with Crippen LogP contribution in [0, 0.1) is 13.8 Å². The van der Waals surface area contributed by atoms with Gasteiger partial charge in [0, 0.05) is 5.39 Å². The van der Waals surface area contributed by atoms with Crippen molar-refractivity contribution in [1.82, 2.24) is 20.2 Å². The molecule has 0 amide bonds. The van der Waals surface area contributed by atoms with Crippen molar-refractivity contribution in [2.45, 2.75) is 13.8 Å². The molecule has 0 aliphatic heterocycles. The van der Waals surface area contributed by atoms with Gasteiger partial charge >= 0.3 is 5.97 Å². The molecule has 2 aromatic carbocycles. The van der Waals surface area contributed by atoms with Crippen LogP contribution in [0.1, 0.15) is 21.5 Å². The van der Waals surface area contributed by atoms with Gasteiger partial charge in [-0.25, -0.2) is 9.78 Å². The number of nitrogens with one attached hydrogen (secondary N) is 2. The number of aromatic nitrogens is 4. The summed E-state index contributed by atoms with van der Waals surface area (Å²) in [6.45, 7) is 4.10. The molecule has 0 fully saturated rings. The number of aromatic carboxylic acids is 1. The fraction of sp³-hybridized carbons (Fsp3) is 0.118.